The SMILES string of the molecule is O=C(C1=C2NC(=O)N(Cc3ccccc3)C(=O)C2NS1)N1CCOCC1. The molecule has 2 N–H and O–H groups in total. The molecule has 4 amide bonds. The molecule has 0 aromatic heterocycles. The van der Waals surface area contributed by atoms with E-state index in [1.807, 2.05) is 30.3 Å². The van der Waals surface area contributed by atoms with Crippen molar-refractivity contribution in [2.75, 3.05) is 26.3 Å². The van der Waals surface area contributed by atoms with Crippen LogP contribution in [0.2, 0.25) is 0 Å². The Morgan fingerprint density at radius 1 is 1.19 bits per heavy atom. The maximum absolute atomic E-state index is 12.8. The minimum absolute atomic E-state index is 0.187. The first kappa shape index (κ1) is 17.1. The summed E-state index contributed by atoms with van der Waals surface area (Å²) in [6.07, 6.45) is 0. The van der Waals surface area contributed by atoms with Gasteiger partial charge in [-0.3, -0.25) is 14.5 Å². The number of nitrogens with one attached hydrogen (secondary N) is 2. The average Bonchev–Trinajstić information content (AvgIpc) is 3.10. The van der Waals surface area contributed by atoms with Gasteiger partial charge < -0.3 is 15.0 Å². The van der Waals surface area contributed by atoms with Crippen molar-refractivity contribution in [3.8, 4) is 0 Å². The van der Waals surface area contributed by atoms with E-state index in [0.717, 1.165) is 17.5 Å². The van der Waals surface area contributed by atoms with Crippen LogP contribution in [0.1, 0.15) is 5.56 Å². The van der Waals surface area contributed by atoms with E-state index in [2.05, 4.69) is 10.0 Å². The highest BCUT2D eigenvalue weighted by atomic mass is 32.2. The quantitative estimate of drug-likeness (QED) is 0.746. The zero-order valence-corrected chi connectivity index (χ0v) is 14.8. The highest BCUT2D eigenvalue weighted by molar-refractivity contribution is 8.02. The van der Waals surface area contributed by atoms with E-state index in [-0.39, 0.29) is 18.4 Å². The molecule has 26 heavy (non-hydrogen) atoms. The lowest BCUT2D eigenvalue weighted by Gasteiger charge is -2.31. The maximum atomic E-state index is 12.8. The molecule has 1 aromatic rings. The Balaban J connectivity index is 1.54. The number of urea groups is 1. The van der Waals surface area contributed by atoms with Gasteiger partial charge in [-0.05, 0) is 17.5 Å². The fourth-order valence-corrected chi connectivity index (χ4v) is 4.04. The molecule has 3 heterocycles. The van der Waals surface area contributed by atoms with Gasteiger partial charge in [0.2, 0.25) is 0 Å². The van der Waals surface area contributed by atoms with Gasteiger partial charge in [0.1, 0.15) is 10.9 Å². The van der Waals surface area contributed by atoms with Crippen LogP contribution in [0.25, 0.3) is 0 Å². The fourth-order valence-electron chi connectivity index (χ4n) is 3.09. The molecular weight excluding hydrogens is 356 g/mol. The van der Waals surface area contributed by atoms with Crippen molar-refractivity contribution >= 4 is 29.8 Å². The molecule has 1 unspecified atom stereocenters. The predicted octanol–water partition coefficient (Wildman–Crippen LogP) is 0.429. The molecule has 3 aliphatic rings. The summed E-state index contributed by atoms with van der Waals surface area (Å²) in [4.78, 5) is 41.2. The number of carbonyl (C=O) groups excluding carboxylic acids is 3. The van der Waals surface area contributed by atoms with Gasteiger partial charge in [-0.15, -0.1) is 0 Å². The highest BCUT2D eigenvalue weighted by Gasteiger charge is 2.44. The topological polar surface area (TPSA) is 91.0 Å². The Labute approximate surface area is 154 Å². The van der Waals surface area contributed by atoms with E-state index in [4.69, 9.17) is 4.74 Å². The monoisotopic (exact) mass is 374 g/mol. The second kappa shape index (κ2) is 7.10. The lowest BCUT2D eigenvalue weighted by atomic mass is 10.1. The van der Waals surface area contributed by atoms with Crippen LogP contribution in [0.15, 0.2) is 40.9 Å². The number of benzene rings is 1. The molecule has 136 valence electrons. The van der Waals surface area contributed by atoms with Crippen LogP contribution in [0.4, 0.5) is 4.79 Å². The zero-order valence-electron chi connectivity index (χ0n) is 13.9. The first-order valence-electron chi connectivity index (χ1n) is 8.35. The number of amides is 4. The summed E-state index contributed by atoms with van der Waals surface area (Å²) in [5.41, 5.74) is 1.21. The maximum Gasteiger partial charge on any atom is 0.328 e. The van der Waals surface area contributed by atoms with Gasteiger partial charge in [-0.25, -0.2) is 9.52 Å². The number of hydrogen-bond acceptors (Lipinski definition) is 6. The van der Waals surface area contributed by atoms with Crippen LogP contribution < -0.4 is 10.0 Å². The summed E-state index contributed by atoms with van der Waals surface area (Å²) in [5.74, 6) is -0.544. The lowest BCUT2D eigenvalue weighted by Crippen LogP contribution is -2.57. The number of hydrogen-bond donors (Lipinski definition) is 2. The smallest absolute Gasteiger partial charge is 0.328 e. The van der Waals surface area contributed by atoms with Crippen molar-refractivity contribution in [1.82, 2.24) is 19.8 Å². The van der Waals surface area contributed by atoms with E-state index in [9.17, 15) is 14.4 Å². The zero-order chi connectivity index (χ0) is 18.1. The molecular formula is C17H18N4O4S. The number of rotatable bonds is 3. The minimum Gasteiger partial charge on any atom is -0.378 e. The largest absolute Gasteiger partial charge is 0.378 e. The molecule has 3 aliphatic heterocycles. The van der Waals surface area contributed by atoms with Gasteiger partial charge >= 0.3 is 6.03 Å². The summed E-state index contributed by atoms with van der Waals surface area (Å²) < 4.78 is 8.23. The van der Waals surface area contributed by atoms with Gasteiger partial charge in [0.15, 0.2) is 0 Å². The van der Waals surface area contributed by atoms with Crippen molar-refractivity contribution in [1.29, 1.82) is 0 Å². The number of fused-ring (bicyclic) bond motifs is 1. The molecule has 0 aliphatic carbocycles. The normalized spacial score (nSPS) is 23.2. The van der Waals surface area contributed by atoms with Crippen LogP contribution in [0.3, 0.4) is 0 Å². The van der Waals surface area contributed by atoms with Crippen LogP contribution in [-0.2, 0) is 20.9 Å². The van der Waals surface area contributed by atoms with E-state index in [0.29, 0.717) is 36.9 Å². The lowest BCUT2D eigenvalue weighted by molar-refractivity contribution is -0.130. The molecule has 8 nitrogen and oxygen atoms in total. The molecule has 9 heteroatoms. The summed E-state index contributed by atoms with van der Waals surface area (Å²) in [6.45, 7) is 2.18. The molecule has 2 saturated heterocycles. The van der Waals surface area contributed by atoms with Crippen LogP contribution >= 0.6 is 11.9 Å². The Kier molecular flexibility index (Phi) is 4.66. The highest BCUT2D eigenvalue weighted by Crippen LogP contribution is 2.32. The van der Waals surface area contributed by atoms with Crippen LogP contribution in [0, 0.1) is 0 Å². The van der Waals surface area contributed by atoms with Gasteiger partial charge in [0.05, 0.1) is 25.5 Å². The molecule has 2 fully saturated rings. The first-order valence-corrected chi connectivity index (χ1v) is 9.16. The van der Waals surface area contributed by atoms with Gasteiger partial charge in [-0.2, -0.15) is 0 Å². The minimum atomic E-state index is -0.721. The standard InChI is InChI=1S/C17H18N4O4S/c22-15-13-12(14(26-19-13)16(23)20-6-8-25-9-7-20)18-17(24)21(15)10-11-4-2-1-3-5-11/h1-5,13,19H,6-10H2,(H,18,24). The van der Waals surface area contributed by atoms with Gasteiger partial charge in [0.25, 0.3) is 11.8 Å². The molecule has 1 aromatic carbocycles. The second-order valence-corrected chi connectivity index (χ2v) is 6.99. The van der Waals surface area contributed by atoms with E-state index in [1.165, 1.54) is 4.90 Å². The Bertz CT molecular complexity index is 776. The third kappa shape index (κ3) is 3.09. The fraction of sp³-hybridized carbons (Fsp3) is 0.353. The number of ether oxygens (including phenoxy) is 1. The molecule has 0 bridgehead atoms. The molecule has 0 saturated carbocycles. The van der Waals surface area contributed by atoms with Crippen molar-refractivity contribution in [3.63, 3.8) is 0 Å². The molecule has 1 atom stereocenters. The molecule has 0 spiro atoms. The molecule has 4 rings (SSSR count). The van der Waals surface area contributed by atoms with Crippen molar-refractivity contribution < 1.29 is 19.1 Å². The van der Waals surface area contributed by atoms with E-state index < -0.39 is 12.1 Å². The number of morpholine rings is 1. The number of imide groups is 1. The van der Waals surface area contributed by atoms with Crippen molar-refractivity contribution in [2.45, 2.75) is 12.6 Å². The Hall–Kier alpha value is -2.36. The first-order chi connectivity index (χ1) is 12.6. The third-order valence-electron chi connectivity index (χ3n) is 4.49. The average molecular weight is 374 g/mol. The van der Waals surface area contributed by atoms with Crippen LogP contribution in [-0.4, -0.2) is 60.0 Å². The summed E-state index contributed by atoms with van der Waals surface area (Å²) in [6, 6.07) is 8.07. The van der Waals surface area contributed by atoms with Gasteiger partial charge in [-0.1, -0.05) is 30.3 Å². The van der Waals surface area contributed by atoms with Crippen LogP contribution in [0.5, 0.6) is 0 Å². The van der Waals surface area contributed by atoms with E-state index in [1.54, 1.807) is 4.90 Å². The third-order valence-corrected chi connectivity index (χ3v) is 5.44. The summed E-state index contributed by atoms with van der Waals surface area (Å²) >= 11 is 1.10. The Morgan fingerprint density at radius 3 is 2.65 bits per heavy atom. The Morgan fingerprint density at radius 2 is 1.92 bits per heavy atom. The summed E-state index contributed by atoms with van der Waals surface area (Å²) in [5, 5.41) is 2.73. The number of carbonyl (C=O) groups is 3. The van der Waals surface area contributed by atoms with E-state index >= 15 is 0 Å². The predicted molar refractivity (Wildman–Crippen MR) is 94.5 cm³/mol. The molecule has 0 radical (unpaired) electrons. The van der Waals surface area contributed by atoms with Crippen molar-refractivity contribution in [2.24, 2.45) is 0 Å². The van der Waals surface area contributed by atoms with Crippen molar-refractivity contribution in [3.05, 3.63) is 46.5 Å². The summed E-state index contributed by atoms with van der Waals surface area (Å²) in [7, 11) is 0. The second-order valence-electron chi connectivity index (χ2n) is 6.14. The van der Waals surface area contributed by atoms with Gasteiger partial charge in [0, 0.05) is 13.1 Å². The number of nitrogens with zero attached hydrogens (tertiary/aromatic N) is 2.